The maximum absolute atomic E-state index is 13.4. The van der Waals surface area contributed by atoms with Crippen LogP contribution < -0.4 is 108 Å². The molecule has 16 heteroatoms. The van der Waals surface area contributed by atoms with E-state index in [2.05, 4.69) is 63.8 Å². The van der Waals surface area contributed by atoms with Crippen LogP contribution in [0.2, 0.25) is 0 Å². The van der Waals surface area contributed by atoms with Crippen LogP contribution >= 0.6 is 15.9 Å². The molecule has 73 heavy (non-hydrogen) atoms. The molecule has 10 rings (SSSR count). The first-order chi connectivity index (χ1) is 32.8. The van der Waals surface area contributed by atoms with Gasteiger partial charge in [-0.25, -0.2) is 0 Å². The van der Waals surface area contributed by atoms with E-state index in [1.165, 1.54) is 69.8 Å². The SMILES string of the molecule is C.C.COC[C@@]1(O)CC[C@@]2(C)[C@@H](CC[C@@H]3[C@@H]2CC[C@]2(C)[C@@H](C(=O)CBr)CC[C@@H]32)C1.COC[C@@]1(O)CC[C@@]2(C)[C@@H](CC[C@@H]3[C@@H]2CC[C@]2(C)[C@@H](C(=O)Cn4cc(C)cn4)CC[C@@H]32)C1.Cc1cn[nH]c1.O=CO[O-].[H-].[K+].[K+]. The second-order valence-corrected chi connectivity index (χ2v) is 25.2. The number of aliphatic hydroxyl groups is 2. The van der Waals surface area contributed by atoms with E-state index in [1.54, 1.807) is 20.4 Å². The zero-order valence-corrected chi connectivity index (χ0v) is 53.0. The minimum Gasteiger partial charge on any atom is -1.00 e. The number of Topliss-reactive ketones (excluding diaryl/α,β-unsaturated/α-hetero) is 2. The summed E-state index contributed by atoms with van der Waals surface area (Å²) < 4.78 is 12.5. The third-order valence-electron chi connectivity index (χ3n) is 21.1. The van der Waals surface area contributed by atoms with Gasteiger partial charge in [-0.1, -0.05) is 58.5 Å². The van der Waals surface area contributed by atoms with Crippen LogP contribution in [0, 0.1) is 94.7 Å². The van der Waals surface area contributed by atoms with Crippen molar-refractivity contribution in [3.63, 3.8) is 0 Å². The van der Waals surface area contributed by atoms with Gasteiger partial charge in [-0.2, -0.15) is 10.2 Å². The maximum Gasteiger partial charge on any atom is 1.00 e. The number of rotatable bonds is 10. The fourth-order valence-corrected chi connectivity index (χ4v) is 18.1. The van der Waals surface area contributed by atoms with Crippen LogP contribution in [0.3, 0.4) is 0 Å². The molecule has 0 spiro atoms. The third-order valence-corrected chi connectivity index (χ3v) is 21.7. The van der Waals surface area contributed by atoms with Gasteiger partial charge in [-0.3, -0.25) is 24.2 Å². The molecule has 0 aliphatic heterocycles. The number of fused-ring (bicyclic) bond motifs is 10. The van der Waals surface area contributed by atoms with E-state index < -0.39 is 11.2 Å². The average molecular weight is 1140 g/mol. The predicted octanol–water partition coefficient (Wildman–Crippen LogP) is 4.33. The van der Waals surface area contributed by atoms with Gasteiger partial charge in [0.05, 0.1) is 48.7 Å². The number of hydrogen-bond donors (Lipinski definition) is 3. The number of ketones is 2. The number of hydrogen-bond acceptors (Lipinski definition) is 11. The van der Waals surface area contributed by atoms with Gasteiger partial charge in [0.1, 0.15) is 5.78 Å². The van der Waals surface area contributed by atoms with Crippen molar-refractivity contribution in [2.24, 2.45) is 80.8 Å². The molecule has 0 saturated heterocycles. The third kappa shape index (κ3) is 14.3. The van der Waals surface area contributed by atoms with Gasteiger partial charge in [0.2, 0.25) is 0 Å². The Kier molecular flexibility index (Phi) is 26.5. The van der Waals surface area contributed by atoms with Crippen molar-refractivity contribution in [1.29, 1.82) is 0 Å². The molecule has 0 unspecified atom stereocenters. The molecule has 16 atom stereocenters. The molecule has 2 aromatic heterocycles. The van der Waals surface area contributed by atoms with E-state index in [9.17, 15) is 19.8 Å². The molecular formula is C57H95BrK2N4O9. The fourth-order valence-electron chi connectivity index (χ4n) is 17.7. The summed E-state index contributed by atoms with van der Waals surface area (Å²) in [6.07, 6.45) is 27.8. The molecule has 8 saturated carbocycles. The Morgan fingerprint density at radius 1 is 0.712 bits per heavy atom. The van der Waals surface area contributed by atoms with Gasteiger partial charge < -0.3 is 31.3 Å². The number of carbonyl (C=O) groups is 3. The first-order valence-corrected chi connectivity index (χ1v) is 27.6. The minimum absolute atomic E-state index is 0. The molecule has 2 heterocycles. The van der Waals surface area contributed by atoms with Gasteiger partial charge in [0.25, 0.3) is 6.47 Å². The van der Waals surface area contributed by atoms with E-state index >= 15 is 0 Å². The Labute approximate surface area is 534 Å². The average Bonchev–Trinajstić information content (AvgIpc) is 4.13. The van der Waals surface area contributed by atoms with Crippen molar-refractivity contribution >= 4 is 34.0 Å². The van der Waals surface area contributed by atoms with Crippen LogP contribution in [0.4, 0.5) is 0 Å². The number of halogens is 1. The van der Waals surface area contributed by atoms with Crippen molar-refractivity contribution in [2.45, 2.75) is 190 Å². The standard InChI is InChI=1S/C27H42N2O3.C23H37BrO3.C4H6N2.CH2O3.2CH4.2K.H/c1-18-14-28-29(15-18)16-24(30)23-8-7-21-20-6-5-19-13-27(31,17-32-4)12-11-25(19,2)22(20)9-10-26(21,23)3;1-21-10-11-23(26,14-27-3)12-15(21)4-5-16-17-6-7-19(20(25)13-24)22(17,2)9-8-18(16)21;1-4-2-5-6-3-4;2-1-4-3;;;;;/h14-15,19-23,31H,5-13,16-17H2,1-4H3;15-19,26H,4-14H2,1-3H3;2-3H,1H3,(H,5,6);1,3H;2*1H4;;;/q;;;;;;2*+1;-1/p-1/t19-,20-,21-,22-,23+,25-,26-,27+;15-,16-,17-,18-,19+,21-,22-,23+;;;;;;;/m00......./s1. The number of nitrogens with zero attached hydrogens (tertiary/aromatic N) is 3. The van der Waals surface area contributed by atoms with Crippen molar-refractivity contribution in [2.75, 3.05) is 32.8 Å². The number of alkyl halides is 1. The maximum atomic E-state index is 13.4. The fraction of sp³-hybridized carbons (Fsp3) is 0.842. The number of nitrogens with one attached hydrogen (secondary N) is 1. The van der Waals surface area contributed by atoms with Gasteiger partial charge in [0.15, 0.2) is 5.78 Å². The molecule has 8 fully saturated rings. The van der Waals surface area contributed by atoms with Crippen LogP contribution in [0.1, 0.15) is 171 Å². The number of aromatic nitrogens is 4. The van der Waals surface area contributed by atoms with Crippen LogP contribution in [0.5, 0.6) is 0 Å². The Morgan fingerprint density at radius 3 is 1.52 bits per heavy atom. The van der Waals surface area contributed by atoms with Gasteiger partial charge in [0, 0.05) is 38.4 Å². The summed E-state index contributed by atoms with van der Waals surface area (Å²) in [6.45, 7) is 15.1. The summed E-state index contributed by atoms with van der Waals surface area (Å²) >= 11 is 3.43. The van der Waals surface area contributed by atoms with Crippen molar-refractivity contribution < 1.29 is 148 Å². The Morgan fingerprint density at radius 2 is 1.16 bits per heavy atom. The Hall–Kier alpha value is 0.783. The number of carbonyl (C=O) groups excluding carboxylic acids is 3. The van der Waals surface area contributed by atoms with Crippen LogP contribution in [-0.2, 0) is 35.3 Å². The van der Waals surface area contributed by atoms with Crippen LogP contribution in [-0.4, -0.2) is 92.2 Å². The van der Waals surface area contributed by atoms with Gasteiger partial charge in [-0.05, 0) is 210 Å². The first-order valence-electron chi connectivity index (χ1n) is 26.5. The monoisotopic (exact) mass is 1140 g/mol. The van der Waals surface area contributed by atoms with Crippen LogP contribution in [0.15, 0.2) is 24.8 Å². The molecule has 8 aliphatic carbocycles. The second kappa shape index (κ2) is 28.5. The molecule has 0 bridgehead atoms. The zero-order valence-electron chi connectivity index (χ0n) is 46.2. The minimum atomic E-state index is -0.634. The van der Waals surface area contributed by atoms with E-state index in [0.717, 1.165) is 86.5 Å². The zero-order chi connectivity index (χ0) is 50.0. The summed E-state index contributed by atoms with van der Waals surface area (Å²) in [6, 6.07) is 0. The van der Waals surface area contributed by atoms with Crippen molar-refractivity contribution in [3.8, 4) is 0 Å². The summed E-state index contributed by atoms with van der Waals surface area (Å²) in [5, 5.41) is 41.7. The molecule has 13 nitrogen and oxygen atoms in total. The predicted molar refractivity (Wildman–Crippen MR) is 280 cm³/mol. The van der Waals surface area contributed by atoms with Gasteiger partial charge >= 0.3 is 103 Å². The molecule has 0 amide bonds. The summed E-state index contributed by atoms with van der Waals surface area (Å²) in [5.41, 5.74) is 2.11. The number of aromatic amines is 1. The smallest absolute Gasteiger partial charge is 1.00 e. The molecule has 406 valence electrons. The van der Waals surface area contributed by atoms with Gasteiger partial charge in [-0.15, -0.1) is 0 Å². The number of H-pyrrole nitrogens is 1. The second-order valence-electron chi connectivity index (χ2n) is 24.6. The van der Waals surface area contributed by atoms with E-state index in [-0.39, 0.29) is 148 Å². The largest absolute Gasteiger partial charge is 1.00 e. The van der Waals surface area contributed by atoms with Crippen molar-refractivity contribution in [1.82, 2.24) is 20.0 Å². The summed E-state index contributed by atoms with van der Waals surface area (Å²) in [5.74, 6) is 6.94. The number of methoxy groups -OCH3 is 2. The molecular weight excluding hydrogens is 1040 g/mol. The Balaban J connectivity index is 0.000000407. The molecule has 2 aromatic rings. The van der Waals surface area contributed by atoms with Crippen LogP contribution in [0.25, 0.3) is 0 Å². The van der Waals surface area contributed by atoms with E-state index in [1.807, 2.05) is 37.1 Å². The normalized spacial score (nSPS) is 40.3. The quantitative estimate of drug-likeness (QED) is 0.101. The van der Waals surface area contributed by atoms with E-state index in [4.69, 9.17) is 19.5 Å². The number of aryl methyl sites for hydroxylation is 2. The number of ether oxygens (including phenoxy) is 2. The summed E-state index contributed by atoms with van der Waals surface area (Å²) in [7, 11) is 3.41. The first kappa shape index (κ1) is 68.1. The van der Waals surface area contributed by atoms with E-state index in [0.29, 0.717) is 65.2 Å². The van der Waals surface area contributed by atoms with Crippen molar-refractivity contribution in [3.05, 3.63) is 35.9 Å². The molecule has 3 N–H and O–H groups in total. The molecule has 0 radical (unpaired) electrons. The Bertz CT molecular complexity index is 2060. The topological polar surface area (TPSA) is 189 Å². The molecule has 0 aromatic carbocycles. The molecule has 8 aliphatic rings. The summed E-state index contributed by atoms with van der Waals surface area (Å²) in [4.78, 5) is 37.2.